The molecule has 2 saturated carbocycles. The molecule has 4 aliphatic rings. The van der Waals surface area contributed by atoms with Crippen LogP contribution >= 0.6 is 0 Å². The third kappa shape index (κ3) is 8.34. The van der Waals surface area contributed by atoms with E-state index in [0.29, 0.717) is 35.0 Å². The van der Waals surface area contributed by atoms with Gasteiger partial charge >= 0.3 is 0 Å². The van der Waals surface area contributed by atoms with Crippen molar-refractivity contribution in [1.82, 2.24) is 30.1 Å². The first-order chi connectivity index (χ1) is 27.3. The van der Waals surface area contributed by atoms with Crippen LogP contribution in [0.5, 0.6) is 0 Å². The zero-order valence-electron chi connectivity index (χ0n) is 32.7. The lowest BCUT2D eigenvalue weighted by Crippen LogP contribution is -2.57. The van der Waals surface area contributed by atoms with Gasteiger partial charge < -0.3 is 20.4 Å². The summed E-state index contributed by atoms with van der Waals surface area (Å²) in [7, 11) is -3.96. The Bertz CT molecular complexity index is 2280. The topological polar surface area (TPSA) is 175 Å². The number of nitrogens with one attached hydrogen (secondary N) is 3. The van der Waals surface area contributed by atoms with Gasteiger partial charge in [0.05, 0.1) is 34.5 Å². The van der Waals surface area contributed by atoms with E-state index < -0.39 is 105 Å². The lowest BCUT2D eigenvalue weighted by Gasteiger charge is -2.35. The van der Waals surface area contributed by atoms with E-state index in [4.69, 9.17) is 4.98 Å². The van der Waals surface area contributed by atoms with Crippen molar-refractivity contribution in [3.05, 3.63) is 78.9 Å². The second-order valence-corrected chi connectivity index (χ2v) is 19.0. The number of hydrogen-bond donors (Lipinski definition) is 3. The van der Waals surface area contributed by atoms with E-state index in [-0.39, 0.29) is 25.9 Å². The van der Waals surface area contributed by atoms with Gasteiger partial charge in [0.15, 0.2) is 0 Å². The van der Waals surface area contributed by atoms with Gasteiger partial charge in [0.1, 0.15) is 11.6 Å². The number of carbonyl (C=O) groups excluding carboxylic acids is 5. The number of pyridine rings is 1. The van der Waals surface area contributed by atoms with Gasteiger partial charge in [-0.2, -0.15) is 0 Å². The van der Waals surface area contributed by atoms with Gasteiger partial charge in [-0.3, -0.25) is 28.7 Å². The number of carbonyl (C=O) groups is 5. The van der Waals surface area contributed by atoms with Gasteiger partial charge in [-0.1, -0.05) is 75.4 Å². The first-order valence-corrected chi connectivity index (χ1v) is 21.1. The predicted molar refractivity (Wildman–Crippen MR) is 212 cm³/mol. The molecule has 0 radical (unpaired) electrons. The number of aromatic nitrogens is 1. The Morgan fingerprint density at radius 1 is 1.03 bits per heavy atom. The standard InChI is InChI=1S/C42H48F2N6O7S/c1-5-26-22-42(26,39(55)48-58(56,57)28-15-16-28)47-37(53)34-19-27(23-50(34)38(54)31(40(2,3)4)21-35(51)49-18-17-41(43,44)24-49)45-36(52)30-20-33(25-11-7-6-8-12-25)46-32-14-10-9-13-29(30)32/h5-14,20,26-28,31,34H,1,15-19,21-24H2,2-4H3,(H,45,52)(H,47,53)(H,48,55)/t26?,27-,31-,34+,42?/m1/s1. The molecule has 7 rings (SSSR count). The van der Waals surface area contributed by atoms with Gasteiger partial charge in [0.2, 0.25) is 27.7 Å². The van der Waals surface area contributed by atoms with E-state index in [0.717, 1.165) is 10.5 Å². The molecule has 4 fully saturated rings. The van der Waals surface area contributed by atoms with E-state index in [9.17, 15) is 41.2 Å². The number of sulfonamides is 1. The van der Waals surface area contributed by atoms with Crippen molar-refractivity contribution in [2.24, 2.45) is 17.3 Å². The zero-order valence-corrected chi connectivity index (χ0v) is 33.5. The highest BCUT2D eigenvalue weighted by molar-refractivity contribution is 7.91. The lowest BCUT2D eigenvalue weighted by molar-refractivity contribution is -0.148. The van der Waals surface area contributed by atoms with Crippen molar-refractivity contribution < 1.29 is 41.2 Å². The van der Waals surface area contributed by atoms with Crippen LogP contribution in [0.2, 0.25) is 0 Å². The van der Waals surface area contributed by atoms with Crippen molar-refractivity contribution in [3.63, 3.8) is 0 Å². The average Bonchev–Trinajstić information content (AvgIpc) is 4.08. The van der Waals surface area contributed by atoms with Crippen molar-refractivity contribution >= 4 is 50.5 Å². The fourth-order valence-corrected chi connectivity index (χ4v) is 9.42. The minimum absolute atomic E-state index is 0.0769. The summed E-state index contributed by atoms with van der Waals surface area (Å²) in [5, 5.41) is 5.64. The minimum Gasteiger partial charge on any atom is -0.347 e. The zero-order chi connectivity index (χ0) is 41.8. The summed E-state index contributed by atoms with van der Waals surface area (Å²) in [6, 6.07) is 16.1. The second-order valence-electron chi connectivity index (χ2n) is 17.1. The molecule has 2 aliphatic heterocycles. The number of nitrogens with zero attached hydrogens (tertiary/aromatic N) is 3. The first kappa shape index (κ1) is 40.9. The van der Waals surface area contributed by atoms with E-state index in [2.05, 4.69) is 21.9 Å². The van der Waals surface area contributed by atoms with Crippen LogP contribution in [0.4, 0.5) is 8.78 Å². The number of rotatable bonds is 12. The van der Waals surface area contributed by atoms with Gasteiger partial charge in [-0.15, -0.1) is 6.58 Å². The molecule has 3 heterocycles. The molecule has 1 aromatic heterocycles. The summed E-state index contributed by atoms with van der Waals surface area (Å²) in [5.74, 6) is -8.05. The van der Waals surface area contributed by atoms with E-state index in [1.807, 2.05) is 36.4 Å². The maximum Gasteiger partial charge on any atom is 0.267 e. The number of para-hydroxylation sites is 1. The Labute approximate surface area is 336 Å². The fourth-order valence-electron chi connectivity index (χ4n) is 8.05. The van der Waals surface area contributed by atoms with Crippen molar-refractivity contribution in [1.29, 1.82) is 0 Å². The molecule has 2 aromatic carbocycles. The van der Waals surface area contributed by atoms with Crippen LogP contribution in [-0.2, 0) is 29.2 Å². The summed E-state index contributed by atoms with van der Waals surface area (Å²) < 4.78 is 55.8. The molecule has 0 bridgehead atoms. The predicted octanol–water partition coefficient (Wildman–Crippen LogP) is 4.19. The van der Waals surface area contributed by atoms with Crippen molar-refractivity contribution in [2.45, 2.75) is 88.1 Å². The lowest BCUT2D eigenvalue weighted by atomic mass is 9.77. The quantitative estimate of drug-likeness (QED) is 0.228. The summed E-state index contributed by atoms with van der Waals surface area (Å²) in [6.07, 6.45) is 1.40. The molecule has 0 spiro atoms. The van der Waals surface area contributed by atoms with Gasteiger partial charge in [-0.25, -0.2) is 22.2 Å². The normalized spacial score (nSPS) is 24.5. The molecule has 5 atom stereocenters. The van der Waals surface area contributed by atoms with Crippen molar-refractivity contribution in [2.75, 3.05) is 19.6 Å². The smallest absolute Gasteiger partial charge is 0.267 e. The van der Waals surface area contributed by atoms with Gasteiger partial charge in [0, 0.05) is 48.8 Å². The molecule has 308 valence electrons. The molecular weight excluding hydrogens is 771 g/mol. The molecule has 58 heavy (non-hydrogen) atoms. The summed E-state index contributed by atoms with van der Waals surface area (Å²) in [6.45, 7) is 7.92. The Morgan fingerprint density at radius 3 is 2.34 bits per heavy atom. The monoisotopic (exact) mass is 818 g/mol. The maximum absolute atomic E-state index is 14.7. The van der Waals surface area contributed by atoms with E-state index in [1.54, 1.807) is 45.0 Å². The summed E-state index contributed by atoms with van der Waals surface area (Å²) in [4.78, 5) is 77.4. The summed E-state index contributed by atoms with van der Waals surface area (Å²) in [5.41, 5.74) is -0.263. The van der Waals surface area contributed by atoms with Crippen LogP contribution in [0.3, 0.4) is 0 Å². The van der Waals surface area contributed by atoms with Crippen LogP contribution < -0.4 is 15.4 Å². The SMILES string of the molecule is C=CC1CC1(NC(=O)[C@@H]1C[C@@H](NC(=O)c2cc(-c3ccccc3)nc3ccccc23)CN1C(=O)[C@@H](CC(=O)N1CCC(F)(F)C1)C(C)(C)C)C(=O)NS(=O)(=O)C1CC1. The van der Waals surface area contributed by atoms with Crippen LogP contribution in [0, 0.1) is 17.3 Å². The van der Waals surface area contributed by atoms with E-state index >= 15 is 0 Å². The number of amides is 5. The highest BCUT2D eigenvalue weighted by Crippen LogP contribution is 2.46. The van der Waals surface area contributed by atoms with Crippen LogP contribution in [0.15, 0.2) is 73.3 Å². The molecular formula is C42H48F2N6O7S. The Morgan fingerprint density at radius 2 is 1.72 bits per heavy atom. The second kappa shape index (κ2) is 15.2. The Hall–Kier alpha value is -5.25. The minimum atomic E-state index is -3.96. The van der Waals surface area contributed by atoms with E-state index in [1.165, 1.54) is 11.0 Å². The molecule has 5 amide bonds. The largest absolute Gasteiger partial charge is 0.347 e. The molecule has 16 heteroatoms. The molecule has 3 N–H and O–H groups in total. The third-order valence-corrected chi connectivity index (χ3v) is 13.6. The van der Waals surface area contributed by atoms with Gasteiger partial charge in [0.25, 0.3) is 17.7 Å². The highest BCUT2D eigenvalue weighted by Gasteiger charge is 2.62. The van der Waals surface area contributed by atoms with Crippen LogP contribution in [-0.4, -0.2) is 101 Å². The third-order valence-electron chi connectivity index (χ3n) is 11.7. The fraction of sp³-hybridized carbons (Fsp3) is 0.476. The number of hydrogen-bond acceptors (Lipinski definition) is 8. The van der Waals surface area contributed by atoms with Crippen LogP contribution in [0.25, 0.3) is 22.2 Å². The van der Waals surface area contributed by atoms with Crippen molar-refractivity contribution in [3.8, 4) is 11.3 Å². The number of benzene rings is 2. The number of likely N-dealkylation sites (tertiary alicyclic amines) is 2. The number of halogens is 2. The molecule has 2 saturated heterocycles. The van der Waals surface area contributed by atoms with Gasteiger partial charge in [-0.05, 0) is 43.2 Å². The maximum atomic E-state index is 14.7. The number of alkyl halides is 2. The Kier molecular flexibility index (Phi) is 10.7. The molecule has 3 aromatic rings. The Balaban J connectivity index is 1.18. The molecule has 13 nitrogen and oxygen atoms in total. The number of fused-ring (bicyclic) bond motifs is 1. The summed E-state index contributed by atoms with van der Waals surface area (Å²) >= 11 is 0. The average molecular weight is 819 g/mol. The molecule has 2 aliphatic carbocycles. The van der Waals surface area contributed by atoms with Crippen LogP contribution in [0.1, 0.15) is 69.7 Å². The molecule has 2 unspecified atom stereocenters. The first-order valence-electron chi connectivity index (χ1n) is 19.5. The highest BCUT2D eigenvalue weighted by atomic mass is 32.2.